The van der Waals surface area contributed by atoms with Crippen LogP contribution in [0.4, 0.5) is 0 Å². The number of carbonyl (C=O) groups excluding carboxylic acids is 1. The first-order valence-corrected chi connectivity index (χ1v) is 11.7. The Bertz CT molecular complexity index is 760. The monoisotopic (exact) mass is 414 g/mol. The fraction of sp³-hybridized carbons (Fsp3) is 0.778. The second kappa shape index (κ2) is 9.34. The predicted molar refractivity (Wildman–Crippen MR) is 104 cm³/mol. The maximum atomic E-state index is 12.3. The molecule has 1 amide bonds. The molecule has 158 valence electrons. The molecule has 0 saturated carbocycles. The summed E-state index contributed by atoms with van der Waals surface area (Å²) in [5, 5.41) is 2.90. The molecule has 3 rings (SSSR count). The van der Waals surface area contributed by atoms with Crippen molar-refractivity contribution in [2.24, 2.45) is 0 Å². The SMILES string of the molecule is Cc1ncoc1C(=O)NCCN(C1CCOCC1)C1CCCN(S(C)(=O)=O)C1. The molecule has 1 unspecified atom stereocenters. The molecule has 0 radical (unpaired) electrons. The Hall–Kier alpha value is -1.49. The van der Waals surface area contributed by atoms with E-state index in [0.29, 0.717) is 51.1 Å². The molecule has 0 spiro atoms. The van der Waals surface area contributed by atoms with Crippen LogP contribution in [0.1, 0.15) is 41.9 Å². The zero-order chi connectivity index (χ0) is 20.1. The average molecular weight is 415 g/mol. The molecular formula is C18H30N4O5S. The number of piperidine rings is 1. The van der Waals surface area contributed by atoms with Crippen LogP contribution >= 0.6 is 0 Å². The lowest BCUT2D eigenvalue weighted by Gasteiger charge is -2.43. The van der Waals surface area contributed by atoms with Crippen molar-refractivity contribution in [3.63, 3.8) is 0 Å². The molecule has 1 aromatic rings. The summed E-state index contributed by atoms with van der Waals surface area (Å²) in [6.45, 7) is 5.37. The number of rotatable bonds is 7. The van der Waals surface area contributed by atoms with Gasteiger partial charge in [-0.2, -0.15) is 0 Å². The smallest absolute Gasteiger partial charge is 0.289 e. The number of oxazole rings is 1. The van der Waals surface area contributed by atoms with Gasteiger partial charge in [0, 0.05) is 51.5 Å². The third-order valence-corrected chi connectivity index (χ3v) is 6.83. The lowest BCUT2D eigenvalue weighted by Crippen LogP contribution is -2.55. The van der Waals surface area contributed by atoms with Crippen molar-refractivity contribution in [2.75, 3.05) is 45.6 Å². The Kier molecular flexibility index (Phi) is 7.08. The largest absolute Gasteiger partial charge is 0.438 e. The Balaban J connectivity index is 1.63. The van der Waals surface area contributed by atoms with Crippen LogP contribution in [0.25, 0.3) is 0 Å². The lowest BCUT2D eigenvalue weighted by atomic mass is 9.99. The van der Waals surface area contributed by atoms with E-state index in [9.17, 15) is 13.2 Å². The molecule has 1 atom stereocenters. The van der Waals surface area contributed by atoms with E-state index in [1.54, 1.807) is 11.2 Å². The van der Waals surface area contributed by atoms with E-state index in [2.05, 4.69) is 15.2 Å². The first-order chi connectivity index (χ1) is 13.4. The summed E-state index contributed by atoms with van der Waals surface area (Å²) in [4.78, 5) is 18.6. The van der Waals surface area contributed by atoms with Crippen molar-refractivity contribution in [1.82, 2.24) is 19.5 Å². The van der Waals surface area contributed by atoms with Gasteiger partial charge >= 0.3 is 0 Å². The van der Waals surface area contributed by atoms with E-state index < -0.39 is 10.0 Å². The second-order valence-electron chi connectivity index (χ2n) is 7.52. The van der Waals surface area contributed by atoms with E-state index in [0.717, 1.165) is 25.7 Å². The summed E-state index contributed by atoms with van der Waals surface area (Å²) in [7, 11) is -3.20. The van der Waals surface area contributed by atoms with Gasteiger partial charge in [-0.25, -0.2) is 17.7 Å². The zero-order valence-electron chi connectivity index (χ0n) is 16.6. The van der Waals surface area contributed by atoms with Crippen molar-refractivity contribution in [3.8, 4) is 0 Å². The minimum atomic E-state index is -3.20. The minimum Gasteiger partial charge on any atom is -0.438 e. The van der Waals surface area contributed by atoms with Gasteiger partial charge in [-0.1, -0.05) is 0 Å². The molecule has 3 heterocycles. The molecule has 0 bridgehead atoms. The van der Waals surface area contributed by atoms with Gasteiger partial charge in [-0.15, -0.1) is 0 Å². The van der Waals surface area contributed by atoms with Crippen LogP contribution in [0.3, 0.4) is 0 Å². The Morgan fingerprint density at radius 3 is 2.71 bits per heavy atom. The first kappa shape index (κ1) is 21.2. The van der Waals surface area contributed by atoms with Crippen LogP contribution in [0, 0.1) is 6.92 Å². The van der Waals surface area contributed by atoms with Gasteiger partial charge in [0.15, 0.2) is 6.39 Å². The highest BCUT2D eigenvalue weighted by Gasteiger charge is 2.33. The summed E-state index contributed by atoms with van der Waals surface area (Å²) < 4.78 is 36.2. The third kappa shape index (κ3) is 5.31. The Labute approximate surface area is 166 Å². The van der Waals surface area contributed by atoms with Crippen LogP contribution < -0.4 is 5.32 Å². The van der Waals surface area contributed by atoms with Crippen molar-refractivity contribution in [1.29, 1.82) is 0 Å². The molecule has 1 aromatic heterocycles. The second-order valence-corrected chi connectivity index (χ2v) is 9.50. The maximum Gasteiger partial charge on any atom is 0.289 e. The molecule has 0 aromatic carbocycles. The molecule has 28 heavy (non-hydrogen) atoms. The quantitative estimate of drug-likeness (QED) is 0.697. The molecule has 2 aliphatic heterocycles. The van der Waals surface area contributed by atoms with Gasteiger partial charge in [-0.05, 0) is 32.6 Å². The summed E-state index contributed by atoms with van der Waals surface area (Å²) in [6, 6.07) is 0.484. The van der Waals surface area contributed by atoms with E-state index in [1.165, 1.54) is 12.6 Å². The fourth-order valence-electron chi connectivity index (χ4n) is 4.07. The van der Waals surface area contributed by atoms with E-state index in [4.69, 9.17) is 9.15 Å². The first-order valence-electron chi connectivity index (χ1n) is 9.83. The Morgan fingerprint density at radius 2 is 2.07 bits per heavy atom. The highest BCUT2D eigenvalue weighted by Crippen LogP contribution is 2.24. The fourth-order valence-corrected chi connectivity index (χ4v) is 4.98. The van der Waals surface area contributed by atoms with Crippen molar-refractivity contribution in [2.45, 2.75) is 44.7 Å². The Morgan fingerprint density at radius 1 is 1.32 bits per heavy atom. The normalized spacial score (nSPS) is 22.5. The van der Waals surface area contributed by atoms with Gasteiger partial charge in [0.1, 0.15) is 0 Å². The number of sulfonamides is 1. The number of nitrogens with zero attached hydrogens (tertiary/aromatic N) is 3. The molecule has 1 N–H and O–H groups in total. The van der Waals surface area contributed by atoms with Gasteiger partial charge in [0.25, 0.3) is 5.91 Å². The highest BCUT2D eigenvalue weighted by molar-refractivity contribution is 7.88. The van der Waals surface area contributed by atoms with Gasteiger partial charge in [-0.3, -0.25) is 9.69 Å². The zero-order valence-corrected chi connectivity index (χ0v) is 17.4. The number of carbonyl (C=O) groups is 1. The topological polar surface area (TPSA) is 105 Å². The van der Waals surface area contributed by atoms with Gasteiger partial charge in [0.2, 0.25) is 15.8 Å². The van der Waals surface area contributed by atoms with E-state index in [1.807, 2.05) is 0 Å². The number of ether oxygens (including phenoxy) is 1. The summed E-state index contributed by atoms with van der Waals surface area (Å²) in [5.74, 6) is -0.0399. The molecule has 2 aliphatic rings. The number of aromatic nitrogens is 1. The molecule has 2 fully saturated rings. The van der Waals surface area contributed by atoms with Gasteiger partial charge in [0.05, 0.1) is 11.9 Å². The van der Waals surface area contributed by atoms with E-state index >= 15 is 0 Å². The lowest BCUT2D eigenvalue weighted by molar-refractivity contribution is 0.00670. The van der Waals surface area contributed by atoms with Crippen molar-refractivity contribution >= 4 is 15.9 Å². The average Bonchev–Trinajstić information content (AvgIpc) is 3.11. The van der Waals surface area contributed by atoms with Crippen LogP contribution in [0.15, 0.2) is 10.8 Å². The summed E-state index contributed by atoms with van der Waals surface area (Å²) >= 11 is 0. The number of aryl methyl sites for hydroxylation is 1. The third-order valence-electron chi connectivity index (χ3n) is 5.56. The summed E-state index contributed by atoms with van der Waals surface area (Å²) in [6.07, 6.45) is 6.18. The van der Waals surface area contributed by atoms with Crippen molar-refractivity contribution in [3.05, 3.63) is 17.8 Å². The number of hydrogen-bond acceptors (Lipinski definition) is 7. The molecule has 0 aliphatic carbocycles. The molecule has 9 nitrogen and oxygen atoms in total. The molecule has 2 saturated heterocycles. The summed E-state index contributed by atoms with van der Waals surface area (Å²) in [5.41, 5.74) is 0.565. The predicted octanol–water partition coefficient (Wildman–Crippen LogP) is 0.618. The van der Waals surface area contributed by atoms with Crippen LogP contribution in [0.2, 0.25) is 0 Å². The van der Waals surface area contributed by atoms with Crippen LogP contribution in [-0.2, 0) is 14.8 Å². The van der Waals surface area contributed by atoms with Crippen molar-refractivity contribution < 1.29 is 22.4 Å². The highest BCUT2D eigenvalue weighted by atomic mass is 32.2. The van der Waals surface area contributed by atoms with E-state index in [-0.39, 0.29) is 17.7 Å². The standard InChI is InChI=1S/C18H30N4O5S/c1-14-17(27-13-20-14)18(23)19-7-9-22(15-5-10-26-11-6-15)16-4-3-8-21(12-16)28(2,24)25/h13,15-16H,3-12H2,1-2H3,(H,19,23). The minimum absolute atomic E-state index is 0.149. The molecule has 10 heteroatoms. The maximum absolute atomic E-state index is 12.3. The molecular weight excluding hydrogens is 384 g/mol. The van der Waals surface area contributed by atoms with Gasteiger partial charge < -0.3 is 14.5 Å². The number of amides is 1. The number of nitrogens with one attached hydrogen (secondary N) is 1. The number of hydrogen-bond donors (Lipinski definition) is 1. The van der Waals surface area contributed by atoms with Crippen LogP contribution in [-0.4, -0.2) is 86.2 Å². The van der Waals surface area contributed by atoms with Crippen LogP contribution in [0.5, 0.6) is 0 Å².